The lowest BCUT2D eigenvalue weighted by Gasteiger charge is -2.25. The van der Waals surface area contributed by atoms with Gasteiger partial charge in [0.1, 0.15) is 5.67 Å². The van der Waals surface area contributed by atoms with Gasteiger partial charge in [0.15, 0.2) is 0 Å². The molecule has 1 N–H and O–H groups in total. The van der Waals surface area contributed by atoms with Gasteiger partial charge in [-0.15, -0.1) is 0 Å². The van der Waals surface area contributed by atoms with Crippen LogP contribution in [-0.2, 0) is 5.67 Å². The van der Waals surface area contributed by atoms with E-state index in [0.29, 0.717) is 17.0 Å². The van der Waals surface area contributed by atoms with Gasteiger partial charge in [0, 0.05) is 18.1 Å². The van der Waals surface area contributed by atoms with Crippen LogP contribution in [0.25, 0.3) is 0 Å². The van der Waals surface area contributed by atoms with Crippen molar-refractivity contribution in [3.8, 4) is 0 Å². The van der Waals surface area contributed by atoms with Crippen LogP contribution in [0.4, 0.5) is 4.39 Å². The first kappa shape index (κ1) is 14.5. The molecule has 1 atom stereocenters. The minimum Gasteiger partial charge on any atom is -0.396 e. The highest BCUT2D eigenvalue weighted by Gasteiger charge is 2.30. The predicted molar refractivity (Wildman–Crippen MR) is 70.1 cm³/mol. The van der Waals surface area contributed by atoms with Gasteiger partial charge in [0.05, 0.1) is 0 Å². The van der Waals surface area contributed by atoms with Crippen LogP contribution in [-0.4, -0.2) is 11.7 Å². The minimum absolute atomic E-state index is 0.134. The SMILES string of the molecule is CCCCC[C@@](F)(CCO)c1ccc(Cl)cc1. The van der Waals surface area contributed by atoms with E-state index in [1.54, 1.807) is 24.3 Å². The molecule has 96 valence electrons. The monoisotopic (exact) mass is 258 g/mol. The molecule has 0 spiro atoms. The fraction of sp³-hybridized carbons (Fsp3) is 0.571. The molecule has 0 fully saturated rings. The Bertz CT molecular complexity index is 325. The van der Waals surface area contributed by atoms with Crippen molar-refractivity contribution in [3.05, 3.63) is 34.9 Å². The number of hydrogen-bond donors (Lipinski definition) is 1. The number of hydrogen-bond acceptors (Lipinski definition) is 1. The van der Waals surface area contributed by atoms with Crippen molar-refractivity contribution in [2.45, 2.75) is 44.7 Å². The molecule has 0 aliphatic heterocycles. The molecule has 0 aliphatic carbocycles. The lowest BCUT2D eigenvalue weighted by Crippen LogP contribution is -2.21. The first-order valence-electron chi connectivity index (χ1n) is 6.18. The number of halogens is 2. The Kier molecular flexibility index (Phi) is 5.93. The summed E-state index contributed by atoms with van der Waals surface area (Å²) in [6.45, 7) is 1.96. The maximum atomic E-state index is 14.8. The van der Waals surface area contributed by atoms with E-state index < -0.39 is 5.67 Å². The molecule has 1 rings (SSSR count). The summed E-state index contributed by atoms with van der Waals surface area (Å²) < 4.78 is 14.8. The first-order valence-corrected chi connectivity index (χ1v) is 6.56. The molecule has 0 unspecified atom stereocenters. The molecule has 3 heteroatoms. The zero-order chi connectivity index (χ0) is 12.7. The average Bonchev–Trinajstić information content (AvgIpc) is 2.30. The van der Waals surface area contributed by atoms with Gasteiger partial charge < -0.3 is 5.11 Å². The minimum atomic E-state index is -1.42. The number of alkyl halides is 1. The third kappa shape index (κ3) is 4.29. The molecule has 0 amide bonds. The Morgan fingerprint density at radius 2 is 1.82 bits per heavy atom. The van der Waals surface area contributed by atoms with Gasteiger partial charge in [0.2, 0.25) is 0 Å². The van der Waals surface area contributed by atoms with E-state index in [4.69, 9.17) is 16.7 Å². The summed E-state index contributed by atoms with van der Waals surface area (Å²) in [7, 11) is 0. The topological polar surface area (TPSA) is 20.2 Å². The van der Waals surface area contributed by atoms with Crippen LogP contribution in [0.3, 0.4) is 0 Å². The number of rotatable bonds is 7. The van der Waals surface area contributed by atoms with Gasteiger partial charge in [-0.05, 0) is 30.5 Å². The molecule has 1 aromatic rings. The second kappa shape index (κ2) is 6.97. The summed E-state index contributed by atoms with van der Waals surface area (Å²) in [5.74, 6) is 0. The fourth-order valence-electron chi connectivity index (χ4n) is 1.99. The number of aliphatic hydroxyl groups is 1. The van der Waals surface area contributed by atoms with E-state index in [1.165, 1.54) is 0 Å². The highest BCUT2D eigenvalue weighted by Crippen LogP contribution is 2.35. The van der Waals surface area contributed by atoms with Crippen molar-refractivity contribution in [2.24, 2.45) is 0 Å². The maximum Gasteiger partial charge on any atom is 0.138 e. The zero-order valence-corrected chi connectivity index (χ0v) is 11.0. The first-order chi connectivity index (χ1) is 8.12. The number of aliphatic hydroxyl groups excluding tert-OH is 1. The van der Waals surface area contributed by atoms with Crippen molar-refractivity contribution in [1.82, 2.24) is 0 Å². The molecule has 0 heterocycles. The third-order valence-electron chi connectivity index (χ3n) is 3.05. The quantitative estimate of drug-likeness (QED) is 0.716. The summed E-state index contributed by atoms with van der Waals surface area (Å²) >= 11 is 5.79. The second-order valence-electron chi connectivity index (χ2n) is 4.40. The zero-order valence-electron chi connectivity index (χ0n) is 10.3. The van der Waals surface area contributed by atoms with E-state index in [9.17, 15) is 4.39 Å². The van der Waals surface area contributed by atoms with Gasteiger partial charge in [0.25, 0.3) is 0 Å². The van der Waals surface area contributed by atoms with Crippen LogP contribution < -0.4 is 0 Å². The molecular formula is C14H20ClFO. The van der Waals surface area contributed by atoms with E-state index in [0.717, 1.165) is 19.3 Å². The molecule has 0 aromatic heterocycles. The summed E-state index contributed by atoms with van der Waals surface area (Å²) in [5, 5.41) is 9.61. The van der Waals surface area contributed by atoms with Crippen LogP contribution in [0.2, 0.25) is 5.02 Å². The highest BCUT2D eigenvalue weighted by molar-refractivity contribution is 6.30. The molecule has 0 radical (unpaired) electrons. The Balaban J connectivity index is 2.78. The third-order valence-corrected chi connectivity index (χ3v) is 3.30. The average molecular weight is 259 g/mol. The van der Waals surface area contributed by atoms with Crippen molar-refractivity contribution >= 4 is 11.6 Å². The van der Waals surface area contributed by atoms with E-state index in [-0.39, 0.29) is 13.0 Å². The van der Waals surface area contributed by atoms with Crippen molar-refractivity contribution in [1.29, 1.82) is 0 Å². The molecular weight excluding hydrogens is 239 g/mol. The van der Waals surface area contributed by atoms with Crippen LogP contribution in [0.15, 0.2) is 24.3 Å². The lowest BCUT2D eigenvalue weighted by atomic mass is 9.87. The summed E-state index contributed by atoms with van der Waals surface area (Å²) in [6.07, 6.45) is 3.54. The molecule has 0 aliphatic rings. The van der Waals surface area contributed by atoms with Gasteiger partial charge in [-0.2, -0.15) is 0 Å². The molecule has 0 bridgehead atoms. The molecule has 0 saturated carbocycles. The summed E-state index contributed by atoms with van der Waals surface area (Å²) in [5.41, 5.74) is -0.804. The molecule has 1 nitrogen and oxygen atoms in total. The summed E-state index contributed by atoms with van der Waals surface area (Å²) in [4.78, 5) is 0. The predicted octanol–water partition coefficient (Wildman–Crippen LogP) is 4.47. The van der Waals surface area contributed by atoms with E-state index >= 15 is 0 Å². The van der Waals surface area contributed by atoms with E-state index in [2.05, 4.69) is 6.92 Å². The largest absolute Gasteiger partial charge is 0.396 e. The standard InChI is InChI=1S/C14H20ClFO/c1-2-3-4-9-14(16,10-11-17)12-5-7-13(15)8-6-12/h5-8,17H,2-4,9-11H2,1H3/t14-/m1/s1. The second-order valence-corrected chi connectivity index (χ2v) is 4.84. The van der Waals surface area contributed by atoms with Gasteiger partial charge >= 0.3 is 0 Å². The van der Waals surface area contributed by atoms with Crippen molar-refractivity contribution in [3.63, 3.8) is 0 Å². The van der Waals surface area contributed by atoms with E-state index in [1.807, 2.05) is 0 Å². The molecule has 1 aromatic carbocycles. The highest BCUT2D eigenvalue weighted by atomic mass is 35.5. The normalized spacial score (nSPS) is 14.6. The van der Waals surface area contributed by atoms with Crippen LogP contribution in [0.5, 0.6) is 0 Å². The Hall–Kier alpha value is -0.600. The van der Waals surface area contributed by atoms with Crippen molar-refractivity contribution < 1.29 is 9.50 Å². The molecule has 0 saturated heterocycles. The van der Waals surface area contributed by atoms with Gasteiger partial charge in [-0.25, -0.2) is 4.39 Å². The lowest BCUT2D eigenvalue weighted by molar-refractivity contribution is 0.0996. The van der Waals surface area contributed by atoms with Crippen molar-refractivity contribution in [2.75, 3.05) is 6.61 Å². The van der Waals surface area contributed by atoms with Crippen LogP contribution in [0.1, 0.15) is 44.6 Å². The van der Waals surface area contributed by atoms with Crippen LogP contribution in [0, 0.1) is 0 Å². The maximum absolute atomic E-state index is 14.8. The summed E-state index contributed by atoms with van der Waals surface area (Å²) in [6, 6.07) is 6.82. The Morgan fingerprint density at radius 1 is 1.18 bits per heavy atom. The van der Waals surface area contributed by atoms with Gasteiger partial charge in [-0.3, -0.25) is 0 Å². The molecule has 17 heavy (non-hydrogen) atoms. The number of unbranched alkanes of at least 4 members (excludes halogenated alkanes) is 2. The smallest absolute Gasteiger partial charge is 0.138 e. The number of benzene rings is 1. The Labute approximate surface area is 108 Å². The Morgan fingerprint density at radius 3 is 2.35 bits per heavy atom. The van der Waals surface area contributed by atoms with Crippen LogP contribution >= 0.6 is 11.6 Å². The fourth-order valence-corrected chi connectivity index (χ4v) is 2.12. The van der Waals surface area contributed by atoms with Gasteiger partial charge in [-0.1, -0.05) is 43.5 Å².